The molecule has 2 aromatic rings. The highest BCUT2D eigenvalue weighted by Crippen LogP contribution is 2.27. The zero-order valence-corrected chi connectivity index (χ0v) is 8.47. The smallest absolute Gasteiger partial charge is 0.0959 e. The van der Waals surface area contributed by atoms with Crippen LogP contribution in [0.2, 0.25) is 0 Å². The molecule has 0 aliphatic heterocycles. The van der Waals surface area contributed by atoms with Gasteiger partial charge in [0.05, 0.1) is 16.1 Å². The van der Waals surface area contributed by atoms with Gasteiger partial charge in [-0.3, -0.25) is 9.97 Å². The Kier molecular flexibility index (Phi) is 2.19. The summed E-state index contributed by atoms with van der Waals surface area (Å²) in [6.07, 6.45) is 3.59. The summed E-state index contributed by atoms with van der Waals surface area (Å²) in [6.45, 7) is 0. The Hall–Kier alpha value is -0.740. The number of thiazole rings is 1. The fraction of sp³-hybridized carbons (Fsp3) is 0. The lowest BCUT2D eigenvalue weighted by molar-refractivity contribution is 1.31. The molecular weight excluding hydrogens is 236 g/mol. The maximum absolute atomic E-state index is 4.24. The van der Waals surface area contributed by atoms with E-state index in [1.54, 1.807) is 23.0 Å². The highest BCUT2D eigenvalue weighted by molar-refractivity contribution is 9.10. The van der Waals surface area contributed by atoms with Crippen LogP contribution in [-0.2, 0) is 0 Å². The van der Waals surface area contributed by atoms with E-state index >= 15 is 0 Å². The van der Waals surface area contributed by atoms with Crippen molar-refractivity contribution >= 4 is 27.3 Å². The first-order valence-electron chi connectivity index (χ1n) is 3.37. The van der Waals surface area contributed by atoms with E-state index in [2.05, 4.69) is 25.9 Å². The highest BCUT2D eigenvalue weighted by atomic mass is 79.9. The van der Waals surface area contributed by atoms with Gasteiger partial charge in [0.2, 0.25) is 0 Å². The minimum atomic E-state index is 0.958. The number of rotatable bonds is 1. The van der Waals surface area contributed by atoms with E-state index in [9.17, 15) is 0 Å². The number of hydrogen-bond donors (Lipinski definition) is 0. The van der Waals surface area contributed by atoms with Crippen molar-refractivity contribution in [2.24, 2.45) is 0 Å². The van der Waals surface area contributed by atoms with Gasteiger partial charge >= 0.3 is 0 Å². The summed E-state index contributed by atoms with van der Waals surface area (Å²) in [5.41, 5.74) is 2.76. The van der Waals surface area contributed by atoms with Crippen LogP contribution in [0, 0.1) is 0 Å². The summed E-state index contributed by atoms with van der Waals surface area (Å²) < 4.78 is 1.01. The Balaban J connectivity index is 2.55. The zero-order chi connectivity index (χ0) is 8.39. The van der Waals surface area contributed by atoms with Crippen LogP contribution in [0.15, 0.2) is 34.5 Å². The van der Waals surface area contributed by atoms with Gasteiger partial charge in [0.15, 0.2) is 0 Å². The molecule has 0 N–H and O–H groups in total. The van der Waals surface area contributed by atoms with Crippen LogP contribution in [-0.4, -0.2) is 9.97 Å². The van der Waals surface area contributed by atoms with Gasteiger partial charge in [-0.15, -0.1) is 11.3 Å². The molecule has 4 heteroatoms. The predicted octanol–water partition coefficient (Wildman–Crippen LogP) is 2.97. The summed E-state index contributed by atoms with van der Waals surface area (Å²) in [5, 5.41) is 0. The average Bonchev–Trinajstić information content (AvgIpc) is 2.57. The van der Waals surface area contributed by atoms with E-state index in [1.807, 2.05) is 18.3 Å². The quantitative estimate of drug-likeness (QED) is 0.767. The molecule has 60 valence electrons. The lowest BCUT2D eigenvalue weighted by atomic mass is 10.3. The second-order valence-electron chi connectivity index (χ2n) is 2.20. The SMILES string of the molecule is Brc1cccnc1-c1cncs1. The predicted molar refractivity (Wildman–Crippen MR) is 53.0 cm³/mol. The highest BCUT2D eigenvalue weighted by Gasteiger charge is 2.03. The number of pyridine rings is 1. The Morgan fingerprint density at radius 3 is 3.00 bits per heavy atom. The third-order valence-electron chi connectivity index (χ3n) is 1.42. The maximum Gasteiger partial charge on any atom is 0.0959 e. The molecule has 0 spiro atoms. The van der Waals surface area contributed by atoms with Gasteiger partial charge in [-0.25, -0.2) is 0 Å². The summed E-state index contributed by atoms with van der Waals surface area (Å²) in [4.78, 5) is 9.33. The van der Waals surface area contributed by atoms with Crippen LogP contribution in [0.1, 0.15) is 0 Å². The molecule has 0 aromatic carbocycles. The monoisotopic (exact) mass is 240 g/mol. The van der Waals surface area contributed by atoms with Crippen LogP contribution in [0.3, 0.4) is 0 Å². The summed E-state index contributed by atoms with van der Waals surface area (Å²) in [6, 6.07) is 3.87. The summed E-state index contributed by atoms with van der Waals surface area (Å²) in [7, 11) is 0. The van der Waals surface area contributed by atoms with Gasteiger partial charge in [-0.2, -0.15) is 0 Å². The summed E-state index contributed by atoms with van der Waals surface area (Å²) in [5.74, 6) is 0. The second-order valence-corrected chi connectivity index (χ2v) is 3.94. The molecule has 0 aliphatic carbocycles. The number of halogens is 1. The maximum atomic E-state index is 4.24. The molecule has 0 saturated carbocycles. The molecule has 0 aliphatic rings. The van der Waals surface area contributed by atoms with Gasteiger partial charge in [0, 0.05) is 16.9 Å². The van der Waals surface area contributed by atoms with Crippen molar-refractivity contribution < 1.29 is 0 Å². The lowest BCUT2D eigenvalue weighted by Gasteiger charge is -1.96. The third kappa shape index (κ3) is 1.40. The van der Waals surface area contributed by atoms with Gasteiger partial charge in [-0.1, -0.05) is 0 Å². The molecule has 2 rings (SSSR count). The molecule has 2 heterocycles. The van der Waals surface area contributed by atoms with Crippen molar-refractivity contribution in [3.8, 4) is 10.6 Å². The minimum absolute atomic E-state index is 0.958. The van der Waals surface area contributed by atoms with Crippen LogP contribution in [0.5, 0.6) is 0 Å². The second kappa shape index (κ2) is 3.33. The number of hydrogen-bond acceptors (Lipinski definition) is 3. The lowest BCUT2D eigenvalue weighted by Crippen LogP contribution is -1.79. The van der Waals surface area contributed by atoms with Crippen molar-refractivity contribution in [1.82, 2.24) is 9.97 Å². The first-order valence-corrected chi connectivity index (χ1v) is 5.04. The van der Waals surface area contributed by atoms with E-state index in [0.29, 0.717) is 0 Å². The van der Waals surface area contributed by atoms with Gasteiger partial charge in [0.25, 0.3) is 0 Å². The molecule has 0 fully saturated rings. The fourth-order valence-corrected chi connectivity index (χ4v) is 2.13. The van der Waals surface area contributed by atoms with Crippen LogP contribution in [0.25, 0.3) is 10.6 Å². The largest absolute Gasteiger partial charge is 0.254 e. The molecule has 0 amide bonds. The fourth-order valence-electron chi connectivity index (χ4n) is 0.900. The van der Waals surface area contributed by atoms with E-state index in [0.717, 1.165) is 15.0 Å². The topological polar surface area (TPSA) is 25.8 Å². The number of nitrogens with zero attached hydrogens (tertiary/aromatic N) is 2. The molecule has 12 heavy (non-hydrogen) atoms. The first-order chi connectivity index (χ1) is 5.88. The average molecular weight is 241 g/mol. The molecule has 2 nitrogen and oxygen atoms in total. The first kappa shape index (κ1) is 7.89. The normalized spacial score (nSPS) is 10.1. The summed E-state index contributed by atoms with van der Waals surface area (Å²) >= 11 is 5.02. The number of aromatic nitrogens is 2. The van der Waals surface area contributed by atoms with Crippen LogP contribution >= 0.6 is 27.3 Å². The van der Waals surface area contributed by atoms with Crippen molar-refractivity contribution in [2.75, 3.05) is 0 Å². The van der Waals surface area contributed by atoms with Crippen molar-refractivity contribution in [2.45, 2.75) is 0 Å². The van der Waals surface area contributed by atoms with E-state index in [1.165, 1.54) is 0 Å². The van der Waals surface area contributed by atoms with Crippen molar-refractivity contribution in [3.05, 3.63) is 34.5 Å². The Morgan fingerprint density at radius 2 is 2.33 bits per heavy atom. The van der Waals surface area contributed by atoms with Gasteiger partial charge in [0.1, 0.15) is 0 Å². The Bertz CT molecular complexity index is 372. The molecule has 2 aromatic heterocycles. The van der Waals surface area contributed by atoms with E-state index in [-0.39, 0.29) is 0 Å². The van der Waals surface area contributed by atoms with Crippen LogP contribution < -0.4 is 0 Å². The Morgan fingerprint density at radius 1 is 1.42 bits per heavy atom. The Labute approximate surface area is 82.4 Å². The van der Waals surface area contributed by atoms with Gasteiger partial charge in [-0.05, 0) is 28.1 Å². The van der Waals surface area contributed by atoms with E-state index in [4.69, 9.17) is 0 Å². The van der Waals surface area contributed by atoms with Crippen LogP contribution in [0.4, 0.5) is 0 Å². The molecule has 0 radical (unpaired) electrons. The van der Waals surface area contributed by atoms with Gasteiger partial charge < -0.3 is 0 Å². The molecule has 0 bridgehead atoms. The standard InChI is InChI=1S/C8H5BrN2S/c9-6-2-1-3-11-8(6)7-4-10-5-12-7/h1-5H. The zero-order valence-electron chi connectivity index (χ0n) is 6.07. The van der Waals surface area contributed by atoms with Crippen molar-refractivity contribution in [3.63, 3.8) is 0 Å². The molecule has 0 atom stereocenters. The molecule has 0 saturated heterocycles. The minimum Gasteiger partial charge on any atom is -0.254 e. The molecule has 0 unspecified atom stereocenters. The molecular formula is C8H5BrN2S. The van der Waals surface area contributed by atoms with E-state index < -0.39 is 0 Å². The third-order valence-corrected chi connectivity index (χ3v) is 2.84. The van der Waals surface area contributed by atoms with Crippen molar-refractivity contribution in [1.29, 1.82) is 0 Å².